The van der Waals surface area contributed by atoms with Gasteiger partial charge in [-0.25, -0.2) is 0 Å². The summed E-state index contributed by atoms with van der Waals surface area (Å²) in [7, 11) is 2.04. The van der Waals surface area contributed by atoms with Gasteiger partial charge in [0, 0.05) is 49.2 Å². The molecule has 0 amide bonds. The fourth-order valence-corrected chi connectivity index (χ4v) is 2.84. The number of hydrogen-bond acceptors (Lipinski definition) is 3. The number of aryl methyl sites for hydroxylation is 1. The van der Waals surface area contributed by atoms with Crippen LogP contribution in [-0.2, 0) is 19.9 Å². The number of hydrogen-bond donors (Lipinski definition) is 1. The van der Waals surface area contributed by atoms with Crippen LogP contribution in [0, 0.1) is 0 Å². The quantitative estimate of drug-likeness (QED) is 0.910. The van der Waals surface area contributed by atoms with E-state index in [1.165, 1.54) is 24.1 Å². The van der Waals surface area contributed by atoms with Crippen LogP contribution < -0.4 is 5.32 Å². The molecule has 19 heavy (non-hydrogen) atoms. The van der Waals surface area contributed by atoms with Gasteiger partial charge in [0.15, 0.2) is 0 Å². The molecule has 4 nitrogen and oxygen atoms in total. The molecule has 1 aliphatic carbocycles. The molecule has 0 radical (unpaired) electrons. The average molecular weight is 256 g/mol. The van der Waals surface area contributed by atoms with Gasteiger partial charge in [-0.1, -0.05) is 6.07 Å². The minimum atomic E-state index is 0.459. The van der Waals surface area contributed by atoms with Crippen LogP contribution in [0.2, 0.25) is 0 Å². The summed E-state index contributed by atoms with van der Waals surface area (Å²) in [4.78, 5) is 4.35. The maximum Gasteiger partial charge on any atom is 0.0540 e. The number of aromatic nitrogens is 3. The van der Waals surface area contributed by atoms with Crippen molar-refractivity contribution in [2.24, 2.45) is 7.05 Å². The van der Waals surface area contributed by atoms with Gasteiger partial charge in [-0.05, 0) is 31.4 Å². The van der Waals surface area contributed by atoms with E-state index < -0.39 is 0 Å². The second-order valence-electron chi connectivity index (χ2n) is 5.14. The fourth-order valence-electron chi connectivity index (χ4n) is 2.84. The number of fused-ring (bicyclic) bond motifs is 1. The van der Waals surface area contributed by atoms with E-state index in [2.05, 4.69) is 21.5 Å². The zero-order valence-electron chi connectivity index (χ0n) is 11.3. The molecule has 2 aromatic heterocycles. The second kappa shape index (κ2) is 5.53. The first-order chi connectivity index (χ1) is 9.34. The van der Waals surface area contributed by atoms with Gasteiger partial charge in [-0.3, -0.25) is 9.67 Å². The zero-order chi connectivity index (χ0) is 13.1. The Hall–Kier alpha value is -1.68. The predicted molar refractivity (Wildman–Crippen MR) is 74.8 cm³/mol. The molecule has 1 N–H and O–H groups in total. The van der Waals surface area contributed by atoms with E-state index in [1.54, 1.807) is 0 Å². The monoisotopic (exact) mass is 256 g/mol. The van der Waals surface area contributed by atoms with Gasteiger partial charge in [0.05, 0.1) is 6.20 Å². The molecule has 3 rings (SSSR count). The molecule has 0 saturated carbocycles. The maximum absolute atomic E-state index is 4.38. The average Bonchev–Trinajstić information content (AvgIpc) is 2.83. The lowest BCUT2D eigenvalue weighted by Gasteiger charge is -2.23. The van der Waals surface area contributed by atoms with Crippen molar-refractivity contribution in [1.82, 2.24) is 20.1 Å². The zero-order valence-corrected chi connectivity index (χ0v) is 11.3. The molecule has 0 fully saturated rings. The summed E-state index contributed by atoms with van der Waals surface area (Å²) in [6, 6.07) is 6.54. The van der Waals surface area contributed by atoms with Crippen molar-refractivity contribution >= 4 is 0 Å². The molecule has 2 aromatic rings. The Morgan fingerprint density at radius 3 is 3.21 bits per heavy atom. The lowest BCUT2D eigenvalue weighted by atomic mass is 9.93. The van der Waals surface area contributed by atoms with Crippen LogP contribution in [0.25, 0.3) is 0 Å². The van der Waals surface area contributed by atoms with Crippen LogP contribution in [0.15, 0.2) is 30.6 Å². The highest BCUT2D eigenvalue weighted by Crippen LogP contribution is 2.28. The minimum Gasteiger partial charge on any atom is -0.309 e. The normalized spacial score (nSPS) is 18.3. The van der Waals surface area contributed by atoms with E-state index in [-0.39, 0.29) is 0 Å². The molecule has 1 unspecified atom stereocenters. The molecule has 100 valence electrons. The van der Waals surface area contributed by atoms with E-state index in [0.29, 0.717) is 6.04 Å². The summed E-state index contributed by atoms with van der Waals surface area (Å²) in [6.45, 7) is 0.968. The first-order valence-corrected chi connectivity index (χ1v) is 6.98. The van der Waals surface area contributed by atoms with Crippen LogP contribution in [0.4, 0.5) is 0 Å². The van der Waals surface area contributed by atoms with E-state index >= 15 is 0 Å². The molecule has 1 aliphatic rings. The van der Waals surface area contributed by atoms with Crippen molar-refractivity contribution in [3.63, 3.8) is 0 Å². The number of rotatable bonds is 4. The van der Waals surface area contributed by atoms with Crippen LogP contribution in [0.5, 0.6) is 0 Å². The summed E-state index contributed by atoms with van der Waals surface area (Å²) in [6.07, 6.45) is 8.47. The van der Waals surface area contributed by atoms with Crippen molar-refractivity contribution in [2.45, 2.75) is 31.7 Å². The minimum absolute atomic E-state index is 0.459. The molecule has 2 heterocycles. The van der Waals surface area contributed by atoms with Crippen molar-refractivity contribution < 1.29 is 0 Å². The highest BCUT2D eigenvalue weighted by atomic mass is 15.3. The molecule has 0 aliphatic heterocycles. The van der Waals surface area contributed by atoms with Gasteiger partial charge in [0.1, 0.15) is 0 Å². The molecule has 0 spiro atoms. The van der Waals surface area contributed by atoms with Crippen molar-refractivity contribution in [1.29, 1.82) is 0 Å². The van der Waals surface area contributed by atoms with Gasteiger partial charge >= 0.3 is 0 Å². The lowest BCUT2D eigenvalue weighted by Crippen LogP contribution is -2.27. The molecule has 0 bridgehead atoms. The van der Waals surface area contributed by atoms with Crippen molar-refractivity contribution in [2.75, 3.05) is 6.54 Å². The number of nitrogens with one attached hydrogen (secondary N) is 1. The summed E-state index contributed by atoms with van der Waals surface area (Å²) in [5.41, 5.74) is 3.92. The first kappa shape index (κ1) is 12.4. The number of pyridine rings is 1. The van der Waals surface area contributed by atoms with E-state index in [1.807, 2.05) is 36.3 Å². The smallest absolute Gasteiger partial charge is 0.0540 e. The Bertz CT molecular complexity index is 532. The summed E-state index contributed by atoms with van der Waals surface area (Å²) in [5.74, 6) is 0. The number of nitrogens with zero attached hydrogens (tertiary/aromatic N) is 3. The maximum atomic E-state index is 4.38. The van der Waals surface area contributed by atoms with Crippen molar-refractivity contribution in [3.05, 3.63) is 47.5 Å². The lowest BCUT2D eigenvalue weighted by molar-refractivity contribution is 0.454. The molecule has 0 saturated heterocycles. The topological polar surface area (TPSA) is 42.7 Å². The molecular weight excluding hydrogens is 236 g/mol. The predicted octanol–water partition coefficient (Wildman–Crippen LogP) is 2.02. The third kappa shape index (κ3) is 2.68. The Morgan fingerprint density at radius 1 is 1.42 bits per heavy atom. The Kier molecular flexibility index (Phi) is 3.60. The van der Waals surface area contributed by atoms with Gasteiger partial charge in [0.2, 0.25) is 0 Å². The van der Waals surface area contributed by atoms with Crippen LogP contribution in [0.3, 0.4) is 0 Å². The molecule has 4 heteroatoms. The Morgan fingerprint density at radius 2 is 2.37 bits per heavy atom. The second-order valence-corrected chi connectivity index (χ2v) is 5.14. The molecule has 1 atom stereocenters. The first-order valence-electron chi connectivity index (χ1n) is 6.98. The third-order valence-electron chi connectivity index (χ3n) is 3.87. The van der Waals surface area contributed by atoms with E-state index in [0.717, 1.165) is 25.1 Å². The van der Waals surface area contributed by atoms with Gasteiger partial charge in [0.25, 0.3) is 0 Å². The molecular formula is C15H20N4. The largest absolute Gasteiger partial charge is 0.309 e. The summed E-state index contributed by atoms with van der Waals surface area (Å²) < 4.78 is 2.02. The third-order valence-corrected chi connectivity index (χ3v) is 3.87. The standard InChI is InChI=1S/C15H20N4/c1-19-15-7-4-6-14(13(15)11-18-19)17-10-8-12-5-2-3-9-16-12/h2-3,5,9,11,14,17H,4,6-8,10H2,1H3. The van der Waals surface area contributed by atoms with Crippen LogP contribution >= 0.6 is 0 Å². The van der Waals surface area contributed by atoms with Crippen molar-refractivity contribution in [3.8, 4) is 0 Å². The van der Waals surface area contributed by atoms with Crippen LogP contribution in [-0.4, -0.2) is 21.3 Å². The Labute approximate surface area is 113 Å². The highest BCUT2D eigenvalue weighted by molar-refractivity contribution is 5.24. The molecule has 0 aromatic carbocycles. The van der Waals surface area contributed by atoms with Gasteiger partial charge in [-0.15, -0.1) is 0 Å². The van der Waals surface area contributed by atoms with Gasteiger partial charge in [-0.2, -0.15) is 5.10 Å². The Balaban J connectivity index is 1.59. The summed E-state index contributed by atoms with van der Waals surface area (Å²) in [5, 5.41) is 8.03. The fraction of sp³-hybridized carbons (Fsp3) is 0.467. The SMILES string of the molecule is Cn1ncc2c1CCCC2NCCc1ccccn1. The highest BCUT2D eigenvalue weighted by Gasteiger charge is 2.22. The van der Waals surface area contributed by atoms with Crippen LogP contribution in [0.1, 0.15) is 35.8 Å². The summed E-state index contributed by atoms with van der Waals surface area (Å²) >= 11 is 0. The van der Waals surface area contributed by atoms with E-state index in [4.69, 9.17) is 0 Å². The van der Waals surface area contributed by atoms with Gasteiger partial charge < -0.3 is 5.32 Å². The van der Waals surface area contributed by atoms with E-state index in [9.17, 15) is 0 Å².